The van der Waals surface area contributed by atoms with Crippen LogP contribution in [-0.2, 0) is 75.7 Å². The van der Waals surface area contributed by atoms with Crippen LogP contribution in [0.1, 0.15) is 41.2 Å². The molecule has 2 amide bonds. The summed E-state index contributed by atoms with van der Waals surface area (Å²) in [6.45, 7) is 3.02. The van der Waals surface area contributed by atoms with E-state index in [9.17, 15) is 14.4 Å². The molecule has 0 aliphatic carbocycles. The predicted molar refractivity (Wildman–Crippen MR) is 235 cm³/mol. The second-order valence-electron chi connectivity index (χ2n) is 15.1. The van der Waals surface area contributed by atoms with E-state index < -0.39 is 60.4 Å². The summed E-state index contributed by atoms with van der Waals surface area (Å²) in [7, 11) is 1.27. The highest BCUT2D eigenvalue weighted by Crippen LogP contribution is 2.32. The van der Waals surface area contributed by atoms with Gasteiger partial charge in [-0.25, -0.2) is 4.79 Å². The first-order valence-electron chi connectivity index (χ1n) is 21.0. The SMILES string of the molecule is COC(=O)[C@H](Cc1ccccc1)NC(=O)[C@H](C)NC(=O)/C=C/C[C@H]1O[C@H](COCc2ccccc2)[C@H](OCc2ccccc2)[C@H](OCc2ccccc2)[C@H]1OCc1ccccc1. The minimum absolute atomic E-state index is 0.203. The molecule has 0 radical (unpaired) electrons. The molecular weight excluding hydrogens is 785 g/mol. The average Bonchev–Trinajstić information content (AvgIpc) is 3.31. The largest absolute Gasteiger partial charge is 0.467 e. The molecule has 0 bridgehead atoms. The number of amides is 2. The van der Waals surface area contributed by atoms with E-state index in [2.05, 4.69) is 10.6 Å². The maximum Gasteiger partial charge on any atom is 0.328 e. The third-order valence-electron chi connectivity index (χ3n) is 10.5. The van der Waals surface area contributed by atoms with Crippen molar-refractivity contribution < 1.29 is 42.8 Å². The Morgan fingerprint density at radius 2 is 1.02 bits per heavy atom. The number of nitrogens with one attached hydrogen (secondary N) is 2. The van der Waals surface area contributed by atoms with Gasteiger partial charge in [-0.05, 0) is 47.2 Å². The molecule has 1 fully saturated rings. The van der Waals surface area contributed by atoms with Crippen molar-refractivity contribution in [2.24, 2.45) is 0 Å². The molecule has 0 unspecified atom stereocenters. The van der Waals surface area contributed by atoms with Crippen molar-refractivity contribution in [2.45, 2.75) is 88.8 Å². The number of carbonyl (C=O) groups excluding carboxylic acids is 3. The van der Waals surface area contributed by atoms with E-state index in [0.717, 1.165) is 27.8 Å². The summed E-state index contributed by atoms with van der Waals surface area (Å²) in [4.78, 5) is 39.1. The highest BCUT2D eigenvalue weighted by molar-refractivity contribution is 5.94. The fourth-order valence-corrected chi connectivity index (χ4v) is 7.19. The molecule has 5 aromatic carbocycles. The molecule has 11 nitrogen and oxygen atoms in total. The zero-order valence-corrected chi connectivity index (χ0v) is 35.3. The zero-order chi connectivity index (χ0) is 43.4. The lowest BCUT2D eigenvalue weighted by Crippen LogP contribution is -2.61. The van der Waals surface area contributed by atoms with Crippen LogP contribution in [0.4, 0.5) is 0 Å². The van der Waals surface area contributed by atoms with Crippen molar-refractivity contribution in [3.63, 3.8) is 0 Å². The van der Waals surface area contributed by atoms with Gasteiger partial charge in [0.15, 0.2) is 0 Å². The summed E-state index contributed by atoms with van der Waals surface area (Å²) < 4.78 is 38.5. The van der Waals surface area contributed by atoms with E-state index in [-0.39, 0.29) is 26.1 Å². The number of hydrogen-bond donors (Lipinski definition) is 2. The van der Waals surface area contributed by atoms with Crippen LogP contribution in [0.5, 0.6) is 0 Å². The molecule has 1 heterocycles. The summed E-state index contributed by atoms with van der Waals surface area (Å²) in [6, 6.07) is 47.1. The van der Waals surface area contributed by atoms with Crippen molar-refractivity contribution in [3.8, 4) is 0 Å². The maximum atomic E-state index is 13.3. The van der Waals surface area contributed by atoms with Gasteiger partial charge in [-0.1, -0.05) is 158 Å². The van der Waals surface area contributed by atoms with E-state index in [1.54, 1.807) is 13.0 Å². The molecule has 0 saturated carbocycles. The molecule has 1 saturated heterocycles. The molecule has 1 aliphatic rings. The van der Waals surface area contributed by atoms with Crippen molar-refractivity contribution in [1.82, 2.24) is 10.6 Å². The number of methoxy groups -OCH3 is 1. The minimum Gasteiger partial charge on any atom is -0.467 e. The number of benzene rings is 5. The standard InChI is InChI=1S/C51H56N2O9/c1-37(50(55)53-43(51(56)57-2)31-38-19-8-3-9-20-38)52-46(54)30-18-29-44-47(59-33-40-23-12-5-13-24-40)49(61-35-42-27-16-7-17-28-42)48(60-34-41-25-14-6-15-26-41)45(62-44)36-58-32-39-21-10-4-11-22-39/h3-28,30,37,43-45,47-49H,29,31-36H2,1-2H3,(H,52,54)(H,53,55)/b30-18+/t37-,43-,44+,45+,47-,48-,49+/m0/s1. The first kappa shape index (κ1) is 45.6. The highest BCUT2D eigenvalue weighted by atomic mass is 16.6. The monoisotopic (exact) mass is 840 g/mol. The van der Waals surface area contributed by atoms with E-state index in [1.807, 2.05) is 152 Å². The molecule has 62 heavy (non-hydrogen) atoms. The van der Waals surface area contributed by atoms with Crippen LogP contribution in [0.3, 0.4) is 0 Å². The lowest BCUT2D eigenvalue weighted by molar-refractivity contribution is -0.271. The Bertz CT molecular complexity index is 2110. The number of rotatable bonds is 22. The topological polar surface area (TPSA) is 131 Å². The van der Waals surface area contributed by atoms with E-state index in [1.165, 1.54) is 13.2 Å². The van der Waals surface area contributed by atoms with Crippen LogP contribution in [0.2, 0.25) is 0 Å². The van der Waals surface area contributed by atoms with Gasteiger partial charge in [0.25, 0.3) is 0 Å². The molecule has 6 rings (SSSR count). The van der Waals surface area contributed by atoms with Gasteiger partial charge in [0.2, 0.25) is 11.8 Å². The summed E-state index contributed by atoms with van der Waals surface area (Å²) in [5.74, 6) is -1.60. The second-order valence-corrected chi connectivity index (χ2v) is 15.1. The van der Waals surface area contributed by atoms with Crippen LogP contribution in [0.15, 0.2) is 164 Å². The Labute approximate surface area is 364 Å². The Kier molecular flexibility index (Phi) is 18.0. The van der Waals surface area contributed by atoms with Crippen molar-refractivity contribution in [1.29, 1.82) is 0 Å². The van der Waals surface area contributed by atoms with E-state index in [4.69, 9.17) is 28.4 Å². The first-order chi connectivity index (χ1) is 30.4. The fourth-order valence-electron chi connectivity index (χ4n) is 7.19. The van der Waals surface area contributed by atoms with Crippen molar-refractivity contribution in [2.75, 3.05) is 13.7 Å². The number of carbonyl (C=O) groups is 3. The molecule has 11 heteroatoms. The van der Waals surface area contributed by atoms with Crippen molar-refractivity contribution >= 4 is 17.8 Å². The lowest BCUT2D eigenvalue weighted by atomic mass is 9.92. The van der Waals surface area contributed by atoms with Gasteiger partial charge < -0.3 is 39.1 Å². The zero-order valence-electron chi connectivity index (χ0n) is 35.3. The normalized spacial score (nSPS) is 19.6. The Morgan fingerprint density at radius 1 is 0.581 bits per heavy atom. The lowest BCUT2D eigenvalue weighted by Gasteiger charge is -2.46. The van der Waals surface area contributed by atoms with Gasteiger partial charge in [-0.15, -0.1) is 0 Å². The summed E-state index contributed by atoms with van der Waals surface area (Å²) in [6.07, 6.45) is 0.563. The Morgan fingerprint density at radius 3 is 1.50 bits per heavy atom. The molecule has 5 aromatic rings. The molecule has 1 aliphatic heterocycles. The van der Waals surface area contributed by atoms with Gasteiger partial charge >= 0.3 is 5.97 Å². The molecular formula is C51H56N2O9. The Hall–Kier alpha value is -5.95. The van der Waals surface area contributed by atoms with Gasteiger partial charge in [0.1, 0.15) is 36.5 Å². The first-order valence-corrected chi connectivity index (χ1v) is 21.0. The number of ether oxygens (including phenoxy) is 6. The third-order valence-corrected chi connectivity index (χ3v) is 10.5. The molecule has 7 atom stereocenters. The van der Waals surface area contributed by atoms with Crippen LogP contribution < -0.4 is 10.6 Å². The smallest absolute Gasteiger partial charge is 0.328 e. The van der Waals surface area contributed by atoms with Crippen LogP contribution in [-0.4, -0.2) is 74.1 Å². The quantitative estimate of drug-likeness (QED) is 0.0555. The number of hydrogen-bond acceptors (Lipinski definition) is 9. The van der Waals surface area contributed by atoms with E-state index in [0.29, 0.717) is 19.8 Å². The Balaban J connectivity index is 1.21. The fraction of sp³-hybridized carbons (Fsp3) is 0.314. The summed E-state index contributed by atoms with van der Waals surface area (Å²) in [5.41, 5.74) is 4.84. The van der Waals surface area contributed by atoms with Crippen LogP contribution in [0, 0.1) is 0 Å². The van der Waals surface area contributed by atoms with E-state index >= 15 is 0 Å². The molecule has 0 spiro atoms. The third kappa shape index (κ3) is 14.3. The van der Waals surface area contributed by atoms with Crippen LogP contribution in [0.25, 0.3) is 0 Å². The van der Waals surface area contributed by atoms with Gasteiger partial charge in [0, 0.05) is 6.42 Å². The average molecular weight is 841 g/mol. The minimum atomic E-state index is -0.951. The highest BCUT2D eigenvalue weighted by Gasteiger charge is 2.48. The summed E-state index contributed by atoms with van der Waals surface area (Å²) in [5, 5.41) is 5.43. The van der Waals surface area contributed by atoms with Gasteiger partial charge in [-0.2, -0.15) is 0 Å². The maximum absolute atomic E-state index is 13.3. The number of esters is 1. The summed E-state index contributed by atoms with van der Waals surface area (Å²) >= 11 is 0. The second kappa shape index (κ2) is 24.5. The van der Waals surface area contributed by atoms with Gasteiger partial charge in [-0.3, -0.25) is 9.59 Å². The van der Waals surface area contributed by atoms with Gasteiger partial charge in [0.05, 0.1) is 46.2 Å². The molecule has 2 N–H and O–H groups in total. The molecule has 0 aromatic heterocycles. The predicted octanol–water partition coefficient (Wildman–Crippen LogP) is 7.08. The molecule has 324 valence electrons. The van der Waals surface area contributed by atoms with Crippen LogP contribution >= 0.6 is 0 Å². The van der Waals surface area contributed by atoms with Crippen molar-refractivity contribution in [3.05, 3.63) is 192 Å².